The Morgan fingerprint density at radius 2 is 2.05 bits per heavy atom. The summed E-state index contributed by atoms with van der Waals surface area (Å²) in [6.45, 7) is 2.83. The van der Waals surface area contributed by atoms with Crippen LogP contribution < -0.4 is 15.2 Å². The molecule has 112 valence electrons. The van der Waals surface area contributed by atoms with Gasteiger partial charge in [0.2, 0.25) is 0 Å². The molecule has 4 heteroatoms. The molecule has 1 atom stereocenters. The van der Waals surface area contributed by atoms with Crippen LogP contribution in [0.25, 0.3) is 0 Å². The first-order chi connectivity index (χ1) is 9.65. The van der Waals surface area contributed by atoms with Gasteiger partial charge in [-0.3, -0.25) is 0 Å². The van der Waals surface area contributed by atoms with Crippen molar-refractivity contribution < 1.29 is 9.47 Å². The Bertz CT molecular complexity index is 444. The van der Waals surface area contributed by atoms with Crippen LogP contribution in [0.1, 0.15) is 50.5 Å². The van der Waals surface area contributed by atoms with Gasteiger partial charge in [-0.25, -0.2) is 0 Å². The zero-order chi connectivity index (χ0) is 14.5. The van der Waals surface area contributed by atoms with Crippen LogP contribution in [-0.2, 0) is 0 Å². The van der Waals surface area contributed by atoms with E-state index in [4.69, 9.17) is 26.8 Å². The zero-order valence-electron chi connectivity index (χ0n) is 12.3. The fourth-order valence-electron chi connectivity index (χ4n) is 2.76. The maximum Gasteiger partial charge on any atom is 0.179 e. The largest absolute Gasteiger partial charge is 0.491 e. The molecule has 0 aromatic heterocycles. The van der Waals surface area contributed by atoms with E-state index in [0.29, 0.717) is 29.3 Å². The van der Waals surface area contributed by atoms with E-state index in [0.717, 1.165) is 30.6 Å². The Morgan fingerprint density at radius 1 is 1.35 bits per heavy atom. The third-order valence-corrected chi connectivity index (χ3v) is 4.28. The molecule has 0 aliphatic heterocycles. The molecule has 2 rings (SSSR count). The van der Waals surface area contributed by atoms with E-state index in [9.17, 15) is 0 Å². The predicted octanol–water partition coefficient (Wildman–Crippen LogP) is 4.12. The fourth-order valence-corrected chi connectivity index (χ4v) is 3.06. The molecular weight excluding hydrogens is 274 g/mol. The van der Waals surface area contributed by atoms with Gasteiger partial charge >= 0.3 is 0 Å². The lowest BCUT2D eigenvalue weighted by atomic mass is 9.97. The first kappa shape index (κ1) is 15.5. The molecule has 0 spiro atoms. The minimum absolute atomic E-state index is 0.292. The van der Waals surface area contributed by atoms with Gasteiger partial charge in [-0.15, -0.1) is 0 Å². The topological polar surface area (TPSA) is 44.5 Å². The van der Waals surface area contributed by atoms with Gasteiger partial charge in [0, 0.05) is 0 Å². The van der Waals surface area contributed by atoms with Crippen LogP contribution in [0.15, 0.2) is 12.1 Å². The molecule has 0 heterocycles. The van der Waals surface area contributed by atoms with Gasteiger partial charge in [-0.05, 0) is 62.3 Å². The second-order valence-corrected chi connectivity index (χ2v) is 5.94. The van der Waals surface area contributed by atoms with Crippen molar-refractivity contribution in [1.29, 1.82) is 0 Å². The summed E-state index contributed by atoms with van der Waals surface area (Å²) in [7, 11) is 1.63. The first-order valence-electron chi connectivity index (χ1n) is 7.39. The van der Waals surface area contributed by atoms with E-state index in [1.807, 2.05) is 6.07 Å². The van der Waals surface area contributed by atoms with Crippen LogP contribution in [0.2, 0.25) is 5.02 Å². The molecule has 0 bridgehead atoms. The van der Waals surface area contributed by atoms with Gasteiger partial charge in [-0.2, -0.15) is 0 Å². The van der Waals surface area contributed by atoms with E-state index in [1.165, 1.54) is 12.8 Å². The van der Waals surface area contributed by atoms with Gasteiger partial charge in [-0.1, -0.05) is 18.5 Å². The molecule has 20 heavy (non-hydrogen) atoms. The van der Waals surface area contributed by atoms with Crippen LogP contribution in [-0.4, -0.2) is 19.8 Å². The molecule has 0 saturated heterocycles. The summed E-state index contributed by atoms with van der Waals surface area (Å²) in [5, 5.41) is 0.613. The number of nitrogens with two attached hydrogens (primary N) is 1. The average molecular weight is 298 g/mol. The molecule has 1 unspecified atom stereocenters. The number of halogens is 1. The Morgan fingerprint density at radius 3 is 2.65 bits per heavy atom. The van der Waals surface area contributed by atoms with Crippen molar-refractivity contribution >= 4 is 11.6 Å². The molecule has 2 N–H and O–H groups in total. The standard InChI is InChI=1S/C16H24ClNO2/c1-11(7-8-18)12-9-14(17)16(19-2)15(10-12)20-13-5-3-4-6-13/h9-11,13H,3-8,18H2,1-2H3. The van der Waals surface area contributed by atoms with Gasteiger partial charge in [0.1, 0.15) is 0 Å². The van der Waals surface area contributed by atoms with Gasteiger partial charge < -0.3 is 15.2 Å². The summed E-state index contributed by atoms with van der Waals surface area (Å²) >= 11 is 6.33. The third kappa shape index (κ3) is 3.58. The van der Waals surface area contributed by atoms with E-state index in [2.05, 4.69) is 13.0 Å². The number of hydrogen-bond donors (Lipinski definition) is 1. The molecule has 1 aliphatic rings. The predicted molar refractivity (Wildman–Crippen MR) is 83.0 cm³/mol. The smallest absolute Gasteiger partial charge is 0.179 e. The van der Waals surface area contributed by atoms with Crippen LogP contribution in [0.4, 0.5) is 0 Å². The number of rotatable bonds is 6. The summed E-state index contributed by atoms with van der Waals surface area (Å²) in [5.74, 6) is 1.78. The normalized spacial score (nSPS) is 17.2. The molecule has 0 amide bonds. The van der Waals surface area contributed by atoms with E-state index in [-0.39, 0.29) is 0 Å². The van der Waals surface area contributed by atoms with Crippen LogP contribution >= 0.6 is 11.6 Å². The van der Waals surface area contributed by atoms with Crippen molar-refractivity contribution in [3.05, 3.63) is 22.7 Å². The second kappa shape index (κ2) is 7.19. The number of methoxy groups -OCH3 is 1. The van der Waals surface area contributed by atoms with Crippen molar-refractivity contribution in [2.24, 2.45) is 5.73 Å². The lowest BCUT2D eigenvalue weighted by Crippen LogP contribution is -2.12. The van der Waals surface area contributed by atoms with Crippen molar-refractivity contribution in [1.82, 2.24) is 0 Å². The monoisotopic (exact) mass is 297 g/mol. The highest BCUT2D eigenvalue weighted by atomic mass is 35.5. The maximum atomic E-state index is 6.33. The molecule has 1 saturated carbocycles. The second-order valence-electron chi connectivity index (χ2n) is 5.54. The Balaban J connectivity index is 2.25. The Labute approximate surface area is 126 Å². The Kier molecular flexibility index (Phi) is 5.55. The molecule has 1 aliphatic carbocycles. The highest BCUT2D eigenvalue weighted by Gasteiger charge is 2.21. The van der Waals surface area contributed by atoms with E-state index in [1.54, 1.807) is 7.11 Å². The van der Waals surface area contributed by atoms with Crippen LogP contribution in [0.3, 0.4) is 0 Å². The molecule has 1 aromatic rings. The lowest BCUT2D eigenvalue weighted by Gasteiger charge is -2.20. The lowest BCUT2D eigenvalue weighted by molar-refractivity contribution is 0.200. The van der Waals surface area contributed by atoms with Crippen LogP contribution in [0, 0.1) is 0 Å². The molecule has 3 nitrogen and oxygen atoms in total. The number of ether oxygens (including phenoxy) is 2. The number of benzene rings is 1. The number of hydrogen-bond acceptors (Lipinski definition) is 3. The summed E-state index contributed by atoms with van der Waals surface area (Å²) in [4.78, 5) is 0. The fraction of sp³-hybridized carbons (Fsp3) is 0.625. The quantitative estimate of drug-likeness (QED) is 0.859. The van der Waals surface area contributed by atoms with Crippen molar-refractivity contribution in [3.63, 3.8) is 0 Å². The third-order valence-electron chi connectivity index (χ3n) is 4.00. The maximum absolute atomic E-state index is 6.33. The average Bonchev–Trinajstić information content (AvgIpc) is 2.91. The SMILES string of the molecule is COc1c(Cl)cc(C(C)CCN)cc1OC1CCCC1. The van der Waals surface area contributed by atoms with Crippen molar-refractivity contribution in [2.75, 3.05) is 13.7 Å². The highest BCUT2D eigenvalue weighted by Crippen LogP contribution is 2.40. The van der Waals surface area contributed by atoms with Gasteiger partial charge in [0.15, 0.2) is 11.5 Å². The van der Waals surface area contributed by atoms with Gasteiger partial charge in [0.25, 0.3) is 0 Å². The molecule has 0 radical (unpaired) electrons. The molecule has 1 aromatic carbocycles. The first-order valence-corrected chi connectivity index (χ1v) is 7.77. The summed E-state index contributed by atoms with van der Waals surface area (Å²) < 4.78 is 11.5. The minimum Gasteiger partial charge on any atom is -0.491 e. The molecular formula is C16H24ClNO2. The van der Waals surface area contributed by atoms with Crippen molar-refractivity contribution in [2.45, 2.75) is 51.0 Å². The summed E-state index contributed by atoms with van der Waals surface area (Å²) in [6.07, 6.45) is 5.94. The van der Waals surface area contributed by atoms with Crippen LogP contribution in [0.5, 0.6) is 11.5 Å². The van der Waals surface area contributed by atoms with Crippen molar-refractivity contribution in [3.8, 4) is 11.5 Å². The van der Waals surface area contributed by atoms with Gasteiger partial charge in [0.05, 0.1) is 18.2 Å². The zero-order valence-corrected chi connectivity index (χ0v) is 13.1. The highest BCUT2D eigenvalue weighted by molar-refractivity contribution is 6.32. The summed E-state index contributed by atoms with van der Waals surface area (Å²) in [5.41, 5.74) is 6.80. The van der Waals surface area contributed by atoms with E-state index >= 15 is 0 Å². The Hall–Kier alpha value is -0.930. The van der Waals surface area contributed by atoms with E-state index < -0.39 is 0 Å². The minimum atomic E-state index is 0.292. The molecule has 1 fully saturated rings. The summed E-state index contributed by atoms with van der Waals surface area (Å²) in [6, 6.07) is 4.02.